The maximum absolute atomic E-state index is 5.89. The van der Waals surface area contributed by atoms with Crippen molar-refractivity contribution >= 4 is 16.6 Å². The van der Waals surface area contributed by atoms with Crippen molar-refractivity contribution in [2.75, 3.05) is 0 Å². The number of hydrogen-bond donors (Lipinski definition) is 0. The second kappa shape index (κ2) is 6.81. The first kappa shape index (κ1) is 16.5. The fourth-order valence-corrected chi connectivity index (χ4v) is 3.14. The minimum atomic E-state index is 0.351. The second-order valence-electron chi connectivity index (χ2n) is 6.52. The summed E-state index contributed by atoms with van der Waals surface area (Å²) in [5.74, 6) is 2.67. The topological polar surface area (TPSA) is 65.5 Å². The van der Waals surface area contributed by atoms with Crippen molar-refractivity contribution in [1.82, 2.24) is 19.6 Å². The second-order valence-corrected chi connectivity index (χ2v) is 6.52. The van der Waals surface area contributed by atoms with Gasteiger partial charge in [0.2, 0.25) is 5.82 Å². The summed E-state index contributed by atoms with van der Waals surface area (Å²) in [5.41, 5.74) is 2.93. The number of furan rings is 1. The molecule has 5 rings (SSSR count). The molecule has 3 heterocycles. The summed E-state index contributed by atoms with van der Waals surface area (Å²) >= 11 is 0. The summed E-state index contributed by atoms with van der Waals surface area (Å²) in [6.45, 7) is 2.48. The lowest BCUT2D eigenvalue weighted by Gasteiger charge is -2.04. The van der Waals surface area contributed by atoms with Crippen LogP contribution in [0.2, 0.25) is 0 Å². The van der Waals surface area contributed by atoms with Crippen LogP contribution in [0.25, 0.3) is 28.1 Å². The van der Waals surface area contributed by atoms with E-state index in [9.17, 15) is 0 Å². The molecule has 0 aliphatic rings. The number of hydrogen-bond acceptors (Lipinski definition) is 5. The molecule has 0 bridgehead atoms. The van der Waals surface area contributed by atoms with E-state index in [2.05, 4.69) is 34.1 Å². The summed E-state index contributed by atoms with van der Waals surface area (Å²) < 4.78 is 13.4. The van der Waals surface area contributed by atoms with Gasteiger partial charge in [0.05, 0.1) is 5.52 Å². The van der Waals surface area contributed by atoms with Crippen molar-refractivity contribution in [1.29, 1.82) is 0 Å². The lowest BCUT2D eigenvalue weighted by atomic mass is 10.2. The molecule has 0 radical (unpaired) electrons. The molecule has 0 saturated carbocycles. The molecule has 0 aliphatic carbocycles. The Morgan fingerprint density at radius 1 is 1.00 bits per heavy atom. The molecule has 0 saturated heterocycles. The Kier molecular flexibility index (Phi) is 4.01. The van der Waals surface area contributed by atoms with Gasteiger partial charge >= 0.3 is 0 Å². The van der Waals surface area contributed by atoms with Gasteiger partial charge in [-0.3, -0.25) is 0 Å². The highest BCUT2D eigenvalue weighted by Crippen LogP contribution is 2.23. The van der Waals surface area contributed by atoms with Crippen molar-refractivity contribution in [3.05, 3.63) is 78.3 Å². The lowest BCUT2D eigenvalue weighted by molar-refractivity contribution is 0.271. The van der Waals surface area contributed by atoms with Gasteiger partial charge in [-0.05, 0) is 48.4 Å². The van der Waals surface area contributed by atoms with Crippen LogP contribution < -0.4 is 4.74 Å². The zero-order valence-corrected chi connectivity index (χ0v) is 15.4. The molecule has 0 amide bonds. The molecule has 0 aliphatic heterocycles. The van der Waals surface area contributed by atoms with Gasteiger partial charge in [0.25, 0.3) is 0 Å². The molecule has 0 spiro atoms. The van der Waals surface area contributed by atoms with E-state index >= 15 is 0 Å². The molecule has 0 fully saturated rings. The molecule has 5 aromatic rings. The third-order valence-corrected chi connectivity index (χ3v) is 4.68. The molecular formula is C22H18N4O2. The first-order chi connectivity index (χ1) is 13.8. The molecule has 0 atom stereocenters. The Hall–Kier alpha value is -3.67. The molecule has 0 N–H and O–H groups in total. The molecule has 6 nitrogen and oxygen atoms in total. The number of aryl methyl sites for hydroxylation is 1. The van der Waals surface area contributed by atoms with Crippen molar-refractivity contribution < 1.29 is 9.15 Å². The van der Waals surface area contributed by atoms with Crippen LogP contribution in [0.3, 0.4) is 0 Å². The van der Waals surface area contributed by atoms with Crippen LogP contribution in [0, 0.1) is 0 Å². The predicted octanol–water partition coefficient (Wildman–Crippen LogP) is 4.68. The van der Waals surface area contributed by atoms with Gasteiger partial charge in [-0.2, -0.15) is 0 Å². The van der Waals surface area contributed by atoms with Gasteiger partial charge in [0, 0.05) is 5.39 Å². The predicted molar refractivity (Wildman–Crippen MR) is 106 cm³/mol. The largest absolute Gasteiger partial charge is 0.486 e. The van der Waals surface area contributed by atoms with Crippen LogP contribution in [-0.4, -0.2) is 19.6 Å². The Bertz CT molecular complexity index is 1250. The molecule has 138 valence electrons. The Morgan fingerprint density at radius 3 is 2.71 bits per heavy atom. The Morgan fingerprint density at radius 2 is 1.86 bits per heavy atom. The number of aromatic nitrogens is 4. The van der Waals surface area contributed by atoms with Crippen LogP contribution in [0.15, 0.2) is 71.4 Å². The molecule has 28 heavy (non-hydrogen) atoms. The number of ether oxygens (including phenoxy) is 1. The van der Waals surface area contributed by atoms with Gasteiger partial charge < -0.3 is 9.15 Å². The Balaban J connectivity index is 1.38. The van der Waals surface area contributed by atoms with E-state index in [1.807, 2.05) is 48.5 Å². The minimum Gasteiger partial charge on any atom is -0.486 e. The monoisotopic (exact) mass is 370 g/mol. The van der Waals surface area contributed by atoms with Crippen LogP contribution in [0.4, 0.5) is 0 Å². The summed E-state index contributed by atoms with van der Waals surface area (Å²) in [6, 6.07) is 19.7. The highest BCUT2D eigenvalue weighted by molar-refractivity contribution is 5.91. The molecule has 3 aromatic heterocycles. The van der Waals surface area contributed by atoms with Crippen molar-refractivity contribution in [3.63, 3.8) is 0 Å². The lowest BCUT2D eigenvalue weighted by Crippen LogP contribution is -1.93. The maximum atomic E-state index is 5.89. The van der Waals surface area contributed by atoms with E-state index in [-0.39, 0.29) is 0 Å². The third-order valence-electron chi connectivity index (χ3n) is 4.68. The van der Waals surface area contributed by atoms with Crippen LogP contribution >= 0.6 is 0 Å². The summed E-state index contributed by atoms with van der Waals surface area (Å²) in [4.78, 5) is 9.05. The summed E-state index contributed by atoms with van der Waals surface area (Å²) in [5, 5.41) is 5.45. The number of para-hydroxylation sites is 1. The summed E-state index contributed by atoms with van der Waals surface area (Å²) in [7, 11) is 0. The first-order valence-corrected chi connectivity index (χ1v) is 9.21. The smallest absolute Gasteiger partial charge is 0.217 e. The standard InChI is InChI=1S/C22H18N4O2/c1-2-15-7-9-16(10-8-15)27-13-17-11-12-20(28-17)21-24-22-18-5-3-4-6-19(18)23-14-26(22)25-21/h3-12,14H,2,13H2,1H3. The molecular weight excluding hydrogens is 352 g/mol. The van der Waals surface area contributed by atoms with E-state index in [0.29, 0.717) is 18.2 Å². The molecule has 2 aromatic carbocycles. The first-order valence-electron chi connectivity index (χ1n) is 9.21. The average molecular weight is 370 g/mol. The van der Waals surface area contributed by atoms with E-state index in [4.69, 9.17) is 9.15 Å². The quantitative estimate of drug-likeness (QED) is 0.449. The third kappa shape index (κ3) is 2.99. The SMILES string of the molecule is CCc1ccc(OCc2ccc(-c3nc4c5ccccc5ncn4n3)o2)cc1. The van der Waals surface area contributed by atoms with Crippen molar-refractivity contribution in [3.8, 4) is 17.3 Å². The maximum Gasteiger partial charge on any atom is 0.217 e. The van der Waals surface area contributed by atoms with E-state index in [1.54, 1.807) is 10.8 Å². The number of benzene rings is 2. The van der Waals surface area contributed by atoms with Gasteiger partial charge in [-0.25, -0.2) is 14.5 Å². The van der Waals surface area contributed by atoms with Crippen LogP contribution in [0.1, 0.15) is 18.2 Å². The van der Waals surface area contributed by atoms with Crippen LogP contribution in [0.5, 0.6) is 5.75 Å². The van der Waals surface area contributed by atoms with Crippen molar-refractivity contribution in [2.45, 2.75) is 20.0 Å². The van der Waals surface area contributed by atoms with Crippen LogP contribution in [-0.2, 0) is 13.0 Å². The minimum absolute atomic E-state index is 0.351. The van der Waals surface area contributed by atoms with Gasteiger partial charge in [-0.1, -0.05) is 31.2 Å². The number of fused-ring (bicyclic) bond motifs is 3. The fourth-order valence-electron chi connectivity index (χ4n) is 3.14. The highest BCUT2D eigenvalue weighted by Gasteiger charge is 2.13. The van der Waals surface area contributed by atoms with Gasteiger partial charge in [0.1, 0.15) is 24.4 Å². The fraction of sp³-hybridized carbons (Fsp3) is 0.136. The Labute approximate surface area is 161 Å². The number of rotatable bonds is 5. The van der Waals surface area contributed by atoms with Gasteiger partial charge in [-0.15, -0.1) is 5.10 Å². The molecule has 0 unspecified atom stereocenters. The summed E-state index contributed by atoms with van der Waals surface area (Å²) in [6.07, 6.45) is 2.68. The molecule has 6 heteroatoms. The van der Waals surface area contributed by atoms with E-state index in [1.165, 1.54) is 5.56 Å². The number of nitrogens with zero attached hydrogens (tertiary/aromatic N) is 4. The van der Waals surface area contributed by atoms with E-state index < -0.39 is 0 Å². The average Bonchev–Trinajstić information content (AvgIpc) is 3.39. The zero-order valence-electron chi connectivity index (χ0n) is 15.4. The highest BCUT2D eigenvalue weighted by atomic mass is 16.5. The normalized spacial score (nSPS) is 11.3. The van der Waals surface area contributed by atoms with E-state index in [0.717, 1.165) is 34.5 Å². The van der Waals surface area contributed by atoms with Gasteiger partial charge in [0.15, 0.2) is 11.4 Å². The zero-order chi connectivity index (χ0) is 18.9. The van der Waals surface area contributed by atoms with Crippen molar-refractivity contribution in [2.24, 2.45) is 0 Å².